The molecule has 0 aromatic carbocycles. The fourth-order valence-corrected chi connectivity index (χ4v) is 4.04. The van der Waals surface area contributed by atoms with E-state index in [4.69, 9.17) is 18.0 Å². The van der Waals surface area contributed by atoms with Crippen LogP contribution in [0.1, 0.15) is 26.2 Å². The number of hydrogen-bond donors (Lipinski definition) is 2. The Morgan fingerprint density at radius 3 is 2.71 bits per heavy atom. The maximum Gasteiger partial charge on any atom is 0.221 e. The molecule has 0 bridgehead atoms. The van der Waals surface area contributed by atoms with Crippen LogP contribution in [0.3, 0.4) is 0 Å². The predicted molar refractivity (Wildman–Crippen MR) is 73.4 cm³/mol. The molecule has 0 spiro atoms. The number of nitrogens with two attached hydrogens (primary N) is 1. The van der Waals surface area contributed by atoms with Crippen LogP contribution in [0.4, 0.5) is 0 Å². The molecule has 5 nitrogen and oxygen atoms in total. The van der Waals surface area contributed by atoms with E-state index in [-0.39, 0.29) is 11.0 Å². The van der Waals surface area contributed by atoms with E-state index in [2.05, 4.69) is 9.62 Å². The summed E-state index contributed by atoms with van der Waals surface area (Å²) in [7, 11) is -1.41. The molecule has 0 aromatic heterocycles. The third-order valence-electron chi connectivity index (χ3n) is 3.25. The Bertz CT molecular complexity index is 370. The maximum atomic E-state index is 12.0. The molecule has 1 aliphatic rings. The van der Waals surface area contributed by atoms with Gasteiger partial charge in [-0.2, -0.15) is 0 Å². The van der Waals surface area contributed by atoms with E-state index in [1.54, 1.807) is 6.92 Å². The topological polar surface area (TPSA) is 75.4 Å². The van der Waals surface area contributed by atoms with Crippen LogP contribution in [0, 0.1) is 0 Å². The van der Waals surface area contributed by atoms with E-state index in [9.17, 15) is 8.42 Å². The van der Waals surface area contributed by atoms with Gasteiger partial charge in [0.2, 0.25) is 10.0 Å². The maximum absolute atomic E-state index is 12.0. The quantitative estimate of drug-likeness (QED) is 0.673. The molecule has 0 radical (unpaired) electrons. The molecule has 1 fully saturated rings. The van der Waals surface area contributed by atoms with Gasteiger partial charge in [0.05, 0.1) is 4.99 Å². The minimum atomic E-state index is -3.43. The van der Waals surface area contributed by atoms with Crippen LogP contribution in [-0.4, -0.2) is 49.7 Å². The molecule has 0 aromatic rings. The zero-order valence-corrected chi connectivity index (χ0v) is 12.0. The molecule has 100 valence electrons. The normalized spacial score (nSPS) is 23.8. The lowest BCUT2D eigenvalue weighted by Gasteiger charge is -2.21. The van der Waals surface area contributed by atoms with Crippen LogP contribution >= 0.6 is 12.2 Å². The van der Waals surface area contributed by atoms with Crippen molar-refractivity contribution in [2.24, 2.45) is 5.73 Å². The first-order chi connectivity index (χ1) is 7.88. The molecule has 0 saturated carbocycles. The summed E-state index contributed by atoms with van der Waals surface area (Å²) >= 11 is 4.78. The van der Waals surface area contributed by atoms with Gasteiger partial charge in [0, 0.05) is 12.6 Å². The highest BCUT2D eigenvalue weighted by atomic mass is 32.2. The average Bonchev–Trinajstić information content (AvgIpc) is 2.61. The lowest BCUT2D eigenvalue weighted by Crippen LogP contribution is -2.45. The Hall–Kier alpha value is -0.240. The third-order valence-corrected chi connectivity index (χ3v) is 5.59. The number of hydrogen-bond acceptors (Lipinski definition) is 4. The molecule has 0 amide bonds. The van der Waals surface area contributed by atoms with Gasteiger partial charge in [0.15, 0.2) is 0 Å². The summed E-state index contributed by atoms with van der Waals surface area (Å²) in [4.78, 5) is 2.21. The van der Waals surface area contributed by atoms with Crippen LogP contribution in [0.15, 0.2) is 0 Å². The third kappa shape index (κ3) is 3.87. The summed E-state index contributed by atoms with van der Waals surface area (Å²) in [5.41, 5.74) is 5.45. The van der Waals surface area contributed by atoms with Crippen LogP contribution in [0.5, 0.6) is 0 Å². The Morgan fingerprint density at radius 2 is 2.29 bits per heavy atom. The second kappa shape index (κ2) is 6.08. The van der Waals surface area contributed by atoms with Gasteiger partial charge in [-0.15, -0.1) is 0 Å². The van der Waals surface area contributed by atoms with Gasteiger partial charge in [-0.3, -0.25) is 0 Å². The highest BCUT2D eigenvalue weighted by Gasteiger charge is 2.28. The van der Waals surface area contributed by atoms with Crippen molar-refractivity contribution in [3.63, 3.8) is 0 Å². The SMILES string of the molecule is CCC(C(N)=S)S(=O)(=O)NCC1CCCN1C. The van der Waals surface area contributed by atoms with Crippen LogP contribution in [0.2, 0.25) is 0 Å². The molecule has 1 saturated heterocycles. The summed E-state index contributed by atoms with van der Waals surface area (Å²) in [5.74, 6) is 0. The lowest BCUT2D eigenvalue weighted by molar-refractivity contribution is 0.310. The van der Waals surface area contributed by atoms with Crippen molar-refractivity contribution in [1.82, 2.24) is 9.62 Å². The van der Waals surface area contributed by atoms with Gasteiger partial charge >= 0.3 is 0 Å². The smallest absolute Gasteiger partial charge is 0.221 e. The Kier molecular flexibility index (Phi) is 5.30. The van der Waals surface area contributed by atoms with Crippen molar-refractivity contribution in [3.8, 4) is 0 Å². The van der Waals surface area contributed by atoms with Crippen LogP contribution in [-0.2, 0) is 10.0 Å². The van der Waals surface area contributed by atoms with Gasteiger partial charge in [-0.1, -0.05) is 19.1 Å². The molecular weight excluding hydrogens is 258 g/mol. The number of rotatable bonds is 6. The van der Waals surface area contributed by atoms with E-state index in [1.165, 1.54) is 0 Å². The van der Waals surface area contributed by atoms with Gasteiger partial charge < -0.3 is 10.6 Å². The zero-order chi connectivity index (χ0) is 13.1. The molecular formula is C10H21N3O2S2. The highest BCUT2D eigenvalue weighted by molar-refractivity contribution is 7.93. The van der Waals surface area contributed by atoms with Crippen molar-refractivity contribution < 1.29 is 8.42 Å². The molecule has 17 heavy (non-hydrogen) atoms. The summed E-state index contributed by atoms with van der Waals surface area (Å²) < 4.78 is 26.6. The molecule has 1 heterocycles. The van der Waals surface area contributed by atoms with Crippen LogP contribution < -0.4 is 10.5 Å². The standard InChI is InChI=1S/C10H21N3O2S2/c1-3-9(10(11)16)17(14,15)12-7-8-5-4-6-13(8)2/h8-9,12H,3-7H2,1-2H3,(H2,11,16). The molecule has 7 heteroatoms. The first kappa shape index (κ1) is 14.8. The number of nitrogens with one attached hydrogen (secondary N) is 1. The minimum absolute atomic E-state index is 0.0415. The van der Waals surface area contributed by atoms with Gasteiger partial charge in [0.25, 0.3) is 0 Å². The number of nitrogens with zero attached hydrogens (tertiary/aromatic N) is 1. The van der Waals surface area contributed by atoms with Gasteiger partial charge in [0.1, 0.15) is 5.25 Å². The highest BCUT2D eigenvalue weighted by Crippen LogP contribution is 2.14. The Morgan fingerprint density at radius 1 is 1.65 bits per heavy atom. The first-order valence-corrected chi connectivity index (χ1v) is 7.82. The predicted octanol–water partition coefficient (Wildman–Crippen LogP) is 0.0647. The molecule has 2 atom stereocenters. The van der Waals surface area contributed by atoms with Crippen molar-refractivity contribution in [2.75, 3.05) is 20.1 Å². The fraction of sp³-hybridized carbons (Fsp3) is 0.900. The molecule has 2 unspecified atom stereocenters. The fourth-order valence-electron chi connectivity index (χ4n) is 2.12. The van der Waals surface area contributed by atoms with Crippen molar-refractivity contribution >= 4 is 27.2 Å². The molecule has 3 N–H and O–H groups in total. The van der Waals surface area contributed by atoms with E-state index in [0.717, 1.165) is 19.4 Å². The lowest BCUT2D eigenvalue weighted by atomic mass is 10.2. The van der Waals surface area contributed by atoms with E-state index in [1.807, 2.05) is 7.05 Å². The number of sulfonamides is 1. The molecule has 0 aliphatic carbocycles. The average molecular weight is 279 g/mol. The van der Waals surface area contributed by atoms with E-state index in [0.29, 0.717) is 13.0 Å². The largest absolute Gasteiger partial charge is 0.392 e. The first-order valence-electron chi connectivity index (χ1n) is 5.86. The molecule has 1 aliphatic heterocycles. The molecule has 1 rings (SSSR count). The number of thiocarbonyl (C=S) groups is 1. The summed E-state index contributed by atoms with van der Waals surface area (Å²) in [5, 5.41) is -0.760. The van der Waals surface area contributed by atoms with Crippen molar-refractivity contribution in [1.29, 1.82) is 0 Å². The summed E-state index contributed by atoms with van der Waals surface area (Å²) in [6.07, 6.45) is 2.56. The second-order valence-corrected chi connectivity index (χ2v) is 6.89. The summed E-state index contributed by atoms with van der Waals surface area (Å²) in [6.45, 7) is 3.24. The second-order valence-electron chi connectivity index (χ2n) is 4.47. The Balaban J connectivity index is 2.57. The number of likely N-dealkylation sites (tertiary alicyclic amines) is 1. The van der Waals surface area contributed by atoms with Crippen molar-refractivity contribution in [3.05, 3.63) is 0 Å². The van der Waals surface area contributed by atoms with Gasteiger partial charge in [-0.05, 0) is 32.9 Å². The Labute approximate surface area is 109 Å². The monoisotopic (exact) mass is 279 g/mol. The number of likely N-dealkylation sites (N-methyl/N-ethyl adjacent to an activating group) is 1. The van der Waals surface area contributed by atoms with Crippen LogP contribution in [0.25, 0.3) is 0 Å². The summed E-state index contributed by atoms with van der Waals surface area (Å²) in [6, 6.07) is 0.286. The van der Waals surface area contributed by atoms with Crippen molar-refractivity contribution in [2.45, 2.75) is 37.5 Å². The van der Waals surface area contributed by atoms with E-state index >= 15 is 0 Å². The minimum Gasteiger partial charge on any atom is -0.392 e. The van der Waals surface area contributed by atoms with E-state index < -0.39 is 15.3 Å². The zero-order valence-electron chi connectivity index (χ0n) is 10.3. The van der Waals surface area contributed by atoms with Gasteiger partial charge in [-0.25, -0.2) is 13.1 Å².